The third-order valence-corrected chi connectivity index (χ3v) is 5.66. The summed E-state index contributed by atoms with van der Waals surface area (Å²) in [5.74, 6) is -2.94. The highest BCUT2D eigenvalue weighted by molar-refractivity contribution is 7.88. The van der Waals surface area contributed by atoms with Gasteiger partial charge in [0.25, 0.3) is 0 Å². The van der Waals surface area contributed by atoms with Gasteiger partial charge in [-0.2, -0.15) is 0 Å². The number of hydrogen-bond acceptors (Lipinski definition) is 3. The molecule has 0 spiro atoms. The lowest BCUT2D eigenvalue weighted by Crippen LogP contribution is -2.46. The van der Waals surface area contributed by atoms with Gasteiger partial charge in [-0.25, -0.2) is 21.5 Å². The largest absolute Gasteiger partial charge is 0.353 e. The smallest absolute Gasteiger partial charge is 0.248 e. The average molecular weight is 324 g/mol. The van der Waals surface area contributed by atoms with Crippen molar-refractivity contribution in [1.29, 1.82) is 0 Å². The van der Waals surface area contributed by atoms with E-state index in [1.165, 1.54) is 4.31 Å². The number of sulfonamides is 1. The van der Waals surface area contributed by atoms with Crippen LogP contribution in [-0.4, -0.2) is 49.9 Å². The summed E-state index contributed by atoms with van der Waals surface area (Å²) in [4.78, 5) is 12.1. The van der Waals surface area contributed by atoms with Gasteiger partial charge in [-0.05, 0) is 25.7 Å². The normalized spacial score (nSPS) is 25.7. The number of carbonyl (C=O) groups is 1. The quantitative estimate of drug-likeness (QED) is 0.852. The predicted octanol–water partition coefficient (Wildman–Crippen LogP) is 1.35. The summed E-state index contributed by atoms with van der Waals surface area (Å²) in [7, 11) is -3.20. The van der Waals surface area contributed by atoms with Crippen molar-refractivity contribution in [2.75, 3.05) is 19.3 Å². The number of piperidine rings is 1. The Labute approximate surface area is 124 Å². The molecule has 2 aliphatic rings. The molecule has 1 heterocycles. The molecule has 1 saturated carbocycles. The van der Waals surface area contributed by atoms with E-state index in [2.05, 4.69) is 5.32 Å². The summed E-state index contributed by atoms with van der Waals surface area (Å²) in [5, 5.41) is 2.84. The third kappa shape index (κ3) is 4.60. The summed E-state index contributed by atoms with van der Waals surface area (Å²) in [5.41, 5.74) is 0. The van der Waals surface area contributed by atoms with Crippen LogP contribution in [0.25, 0.3) is 0 Å². The fourth-order valence-electron chi connectivity index (χ4n) is 2.95. The molecule has 8 heteroatoms. The van der Waals surface area contributed by atoms with Crippen molar-refractivity contribution in [3.63, 3.8) is 0 Å². The second-order valence-corrected chi connectivity index (χ2v) is 8.06. The van der Waals surface area contributed by atoms with E-state index in [-0.39, 0.29) is 30.7 Å². The molecule has 0 bridgehead atoms. The number of rotatable bonds is 3. The van der Waals surface area contributed by atoms with Crippen molar-refractivity contribution in [1.82, 2.24) is 9.62 Å². The van der Waals surface area contributed by atoms with Crippen LogP contribution in [0.1, 0.15) is 38.5 Å². The van der Waals surface area contributed by atoms with Crippen LogP contribution in [0, 0.1) is 5.92 Å². The van der Waals surface area contributed by atoms with Crippen molar-refractivity contribution < 1.29 is 22.0 Å². The maximum atomic E-state index is 13.0. The zero-order valence-corrected chi connectivity index (χ0v) is 13.0. The van der Waals surface area contributed by atoms with E-state index in [1.54, 1.807) is 0 Å². The topological polar surface area (TPSA) is 66.5 Å². The molecule has 1 amide bonds. The first-order valence-corrected chi connectivity index (χ1v) is 9.15. The number of alkyl halides is 2. The first-order valence-electron chi connectivity index (χ1n) is 7.31. The Morgan fingerprint density at radius 2 is 1.67 bits per heavy atom. The lowest BCUT2D eigenvalue weighted by atomic mass is 9.91. The first-order chi connectivity index (χ1) is 9.67. The van der Waals surface area contributed by atoms with Crippen molar-refractivity contribution >= 4 is 15.9 Å². The SMILES string of the molecule is CS(=O)(=O)N1CCC(C(=O)NC2CCC(F)(F)CC2)CC1. The summed E-state index contributed by atoms with van der Waals surface area (Å²) in [6, 6.07) is -0.176. The van der Waals surface area contributed by atoms with Gasteiger partial charge in [0, 0.05) is 37.9 Å². The number of nitrogens with one attached hydrogen (secondary N) is 1. The van der Waals surface area contributed by atoms with Gasteiger partial charge in [-0.3, -0.25) is 4.79 Å². The van der Waals surface area contributed by atoms with Gasteiger partial charge in [-0.15, -0.1) is 0 Å². The van der Waals surface area contributed by atoms with Gasteiger partial charge in [0.15, 0.2) is 0 Å². The van der Waals surface area contributed by atoms with Gasteiger partial charge in [0.1, 0.15) is 0 Å². The Morgan fingerprint density at radius 1 is 1.14 bits per heavy atom. The van der Waals surface area contributed by atoms with E-state index >= 15 is 0 Å². The van der Waals surface area contributed by atoms with Crippen molar-refractivity contribution in [2.45, 2.75) is 50.5 Å². The van der Waals surface area contributed by atoms with E-state index < -0.39 is 15.9 Å². The summed E-state index contributed by atoms with van der Waals surface area (Å²) < 4.78 is 50.3. The number of carbonyl (C=O) groups excluding carboxylic acids is 1. The number of hydrogen-bond donors (Lipinski definition) is 1. The molecular formula is C13H22F2N2O3S. The van der Waals surface area contributed by atoms with Crippen LogP contribution in [0.4, 0.5) is 8.78 Å². The molecule has 0 aromatic heterocycles. The second-order valence-electron chi connectivity index (χ2n) is 6.08. The molecule has 0 unspecified atom stereocenters. The molecule has 0 aromatic carbocycles. The van der Waals surface area contributed by atoms with Gasteiger partial charge in [0.05, 0.1) is 6.26 Å². The minimum atomic E-state index is -3.20. The molecule has 2 rings (SSSR count). The van der Waals surface area contributed by atoms with Crippen LogP contribution in [0.2, 0.25) is 0 Å². The summed E-state index contributed by atoms with van der Waals surface area (Å²) >= 11 is 0. The number of amides is 1. The standard InChI is InChI=1S/C13H22F2N2O3S/c1-21(19,20)17-8-4-10(5-9-17)12(18)16-11-2-6-13(14,15)7-3-11/h10-11H,2-9H2,1H3,(H,16,18). The molecule has 1 N–H and O–H groups in total. The van der Waals surface area contributed by atoms with Crippen LogP contribution < -0.4 is 5.32 Å². The highest BCUT2D eigenvalue weighted by atomic mass is 32.2. The van der Waals surface area contributed by atoms with Gasteiger partial charge < -0.3 is 5.32 Å². The Kier molecular flexibility index (Phi) is 4.87. The second kappa shape index (κ2) is 6.16. The van der Waals surface area contributed by atoms with Crippen LogP contribution in [0.5, 0.6) is 0 Å². The van der Waals surface area contributed by atoms with E-state index in [0.717, 1.165) is 6.26 Å². The zero-order chi connectivity index (χ0) is 15.7. The van der Waals surface area contributed by atoms with E-state index in [9.17, 15) is 22.0 Å². The van der Waals surface area contributed by atoms with Crippen molar-refractivity contribution in [2.24, 2.45) is 5.92 Å². The minimum absolute atomic E-state index is 0.127. The zero-order valence-electron chi connectivity index (χ0n) is 12.1. The molecular weight excluding hydrogens is 302 g/mol. The lowest BCUT2D eigenvalue weighted by molar-refractivity contribution is -0.128. The average Bonchev–Trinajstić information content (AvgIpc) is 2.40. The minimum Gasteiger partial charge on any atom is -0.353 e. The Bertz CT molecular complexity index is 478. The van der Waals surface area contributed by atoms with Crippen LogP contribution in [-0.2, 0) is 14.8 Å². The molecule has 0 atom stereocenters. The molecule has 2 fully saturated rings. The number of nitrogens with zero attached hydrogens (tertiary/aromatic N) is 1. The van der Waals surface area contributed by atoms with Crippen molar-refractivity contribution in [3.8, 4) is 0 Å². The van der Waals surface area contributed by atoms with Crippen LogP contribution in [0.15, 0.2) is 0 Å². The predicted molar refractivity (Wildman–Crippen MR) is 74.5 cm³/mol. The van der Waals surface area contributed by atoms with E-state index in [4.69, 9.17) is 0 Å². The van der Waals surface area contributed by atoms with Gasteiger partial charge >= 0.3 is 0 Å². The fourth-order valence-corrected chi connectivity index (χ4v) is 3.83. The maximum Gasteiger partial charge on any atom is 0.248 e. The third-order valence-electron chi connectivity index (χ3n) is 4.36. The summed E-state index contributed by atoms with van der Waals surface area (Å²) in [6.07, 6.45) is 2.40. The Hall–Kier alpha value is -0.760. The molecule has 21 heavy (non-hydrogen) atoms. The molecule has 5 nitrogen and oxygen atoms in total. The molecule has 1 aliphatic carbocycles. The molecule has 0 radical (unpaired) electrons. The lowest BCUT2D eigenvalue weighted by Gasteiger charge is -2.32. The Balaban J connectivity index is 1.78. The first kappa shape index (κ1) is 16.6. The monoisotopic (exact) mass is 324 g/mol. The molecule has 1 aliphatic heterocycles. The van der Waals surface area contributed by atoms with Crippen molar-refractivity contribution in [3.05, 3.63) is 0 Å². The summed E-state index contributed by atoms with van der Waals surface area (Å²) in [6.45, 7) is 0.694. The molecule has 122 valence electrons. The molecule has 0 aromatic rings. The highest BCUT2D eigenvalue weighted by Gasteiger charge is 2.36. The fraction of sp³-hybridized carbons (Fsp3) is 0.923. The highest BCUT2D eigenvalue weighted by Crippen LogP contribution is 2.33. The van der Waals surface area contributed by atoms with Gasteiger partial charge in [-0.1, -0.05) is 0 Å². The molecule has 1 saturated heterocycles. The Morgan fingerprint density at radius 3 is 2.14 bits per heavy atom. The maximum absolute atomic E-state index is 13.0. The van der Waals surface area contributed by atoms with Crippen LogP contribution >= 0.6 is 0 Å². The van der Waals surface area contributed by atoms with Crippen LogP contribution in [0.3, 0.4) is 0 Å². The van der Waals surface area contributed by atoms with Gasteiger partial charge in [0.2, 0.25) is 21.9 Å². The van der Waals surface area contributed by atoms with E-state index in [1.807, 2.05) is 0 Å². The number of halogens is 2. The van der Waals surface area contributed by atoms with E-state index in [0.29, 0.717) is 38.8 Å².